The molecular weight excluding hydrogens is 389 g/mol. The molecule has 0 spiro atoms. The highest BCUT2D eigenvalue weighted by Crippen LogP contribution is 2.20. The molecule has 0 saturated heterocycles. The number of nitrogens with one attached hydrogen (secondary N) is 1. The van der Waals surface area contributed by atoms with Crippen molar-refractivity contribution in [3.8, 4) is 0 Å². The number of ether oxygens (including phenoxy) is 1. The first-order valence-electron chi connectivity index (χ1n) is 5.93. The summed E-state index contributed by atoms with van der Waals surface area (Å²) < 4.78 is 6.00. The van der Waals surface area contributed by atoms with Gasteiger partial charge in [-0.15, -0.1) is 11.3 Å². The molecule has 0 aliphatic carbocycles. The largest absolute Gasteiger partial charge is 0.462 e. The first-order valence-corrected chi connectivity index (χ1v) is 7.89. The molecule has 0 radical (unpaired) electrons. The zero-order valence-electron chi connectivity index (χ0n) is 10.7. The minimum atomic E-state index is -0.441. The van der Waals surface area contributed by atoms with Gasteiger partial charge in [0.2, 0.25) is 0 Å². The van der Waals surface area contributed by atoms with Gasteiger partial charge in [-0.05, 0) is 47.7 Å². The summed E-state index contributed by atoms with van der Waals surface area (Å²) in [6.07, 6.45) is 0. The fraction of sp³-hybridized carbons (Fsp3) is 0.143. The van der Waals surface area contributed by atoms with E-state index in [-0.39, 0.29) is 5.91 Å². The number of para-hydroxylation sites is 1. The number of benzene rings is 1. The lowest BCUT2D eigenvalue weighted by Gasteiger charge is -2.09. The standard InChI is InChI=1S/C14H12INO3S/c1-2-19-14(18)10-5-3-4-6-11(10)16-13(17)9-7-12(15)20-8-9/h3-8H,2H2,1H3,(H,16,17). The fourth-order valence-corrected chi connectivity index (χ4v) is 2.93. The SMILES string of the molecule is CCOC(=O)c1ccccc1NC(=O)c1csc(I)c1. The Morgan fingerprint density at radius 1 is 1.35 bits per heavy atom. The summed E-state index contributed by atoms with van der Waals surface area (Å²) in [6, 6.07) is 8.60. The molecule has 1 heterocycles. The molecule has 1 N–H and O–H groups in total. The summed E-state index contributed by atoms with van der Waals surface area (Å²) in [5.41, 5.74) is 1.39. The monoisotopic (exact) mass is 401 g/mol. The van der Waals surface area contributed by atoms with E-state index in [2.05, 4.69) is 27.9 Å². The lowest BCUT2D eigenvalue weighted by Crippen LogP contribution is -2.15. The lowest BCUT2D eigenvalue weighted by atomic mass is 10.1. The number of amides is 1. The van der Waals surface area contributed by atoms with Crippen LogP contribution in [0.1, 0.15) is 27.6 Å². The van der Waals surface area contributed by atoms with Gasteiger partial charge in [0, 0.05) is 5.38 Å². The molecule has 1 aromatic carbocycles. The molecule has 6 heteroatoms. The third-order valence-corrected chi connectivity index (χ3v) is 4.29. The maximum absolute atomic E-state index is 12.1. The number of carbonyl (C=O) groups excluding carboxylic acids is 2. The first kappa shape index (κ1) is 15.0. The molecule has 4 nitrogen and oxygen atoms in total. The predicted octanol–water partition coefficient (Wildman–Crippen LogP) is 3.78. The van der Waals surface area contributed by atoms with Crippen LogP contribution in [0.15, 0.2) is 35.7 Å². The fourth-order valence-electron chi connectivity index (χ4n) is 1.60. The van der Waals surface area contributed by atoms with E-state index in [9.17, 15) is 9.59 Å². The molecule has 0 bridgehead atoms. The number of rotatable bonds is 4. The van der Waals surface area contributed by atoms with Crippen molar-refractivity contribution in [3.05, 3.63) is 49.7 Å². The second-order valence-corrected chi connectivity index (χ2v) is 6.67. The van der Waals surface area contributed by atoms with Crippen LogP contribution < -0.4 is 5.32 Å². The maximum Gasteiger partial charge on any atom is 0.340 e. The number of hydrogen-bond acceptors (Lipinski definition) is 4. The van der Waals surface area contributed by atoms with Gasteiger partial charge < -0.3 is 10.1 Å². The molecule has 0 fully saturated rings. The second-order valence-electron chi connectivity index (χ2n) is 3.86. The molecule has 2 aromatic rings. The molecule has 0 unspecified atom stereocenters. The number of thiophene rings is 1. The van der Waals surface area contributed by atoms with Crippen molar-refractivity contribution in [2.75, 3.05) is 11.9 Å². The highest BCUT2D eigenvalue weighted by Gasteiger charge is 2.15. The minimum absolute atomic E-state index is 0.235. The topological polar surface area (TPSA) is 55.4 Å². The van der Waals surface area contributed by atoms with E-state index in [4.69, 9.17) is 4.74 Å². The number of anilines is 1. The Hall–Kier alpha value is -1.41. The van der Waals surface area contributed by atoms with Crippen molar-refractivity contribution in [1.29, 1.82) is 0 Å². The Morgan fingerprint density at radius 2 is 2.10 bits per heavy atom. The van der Waals surface area contributed by atoms with Crippen molar-refractivity contribution < 1.29 is 14.3 Å². The van der Waals surface area contributed by atoms with E-state index in [1.807, 2.05) is 0 Å². The minimum Gasteiger partial charge on any atom is -0.462 e. The van der Waals surface area contributed by atoms with Crippen molar-refractivity contribution in [2.45, 2.75) is 6.92 Å². The zero-order chi connectivity index (χ0) is 14.5. The Balaban J connectivity index is 2.21. The first-order chi connectivity index (χ1) is 9.61. The van der Waals surface area contributed by atoms with Gasteiger partial charge in [-0.2, -0.15) is 0 Å². The molecule has 2 rings (SSSR count). The van der Waals surface area contributed by atoms with Crippen LogP contribution in [0.5, 0.6) is 0 Å². The highest BCUT2D eigenvalue weighted by atomic mass is 127. The van der Waals surface area contributed by atoms with Gasteiger partial charge >= 0.3 is 5.97 Å². The van der Waals surface area contributed by atoms with Gasteiger partial charge in [-0.25, -0.2) is 4.79 Å². The zero-order valence-corrected chi connectivity index (χ0v) is 13.7. The van der Waals surface area contributed by atoms with Crippen LogP contribution in [-0.4, -0.2) is 18.5 Å². The maximum atomic E-state index is 12.1. The summed E-state index contributed by atoms with van der Waals surface area (Å²) >= 11 is 3.65. The van der Waals surface area contributed by atoms with Gasteiger partial charge in [0.1, 0.15) is 0 Å². The van der Waals surface area contributed by atoms with E-state index >= 15 is 0 Å². The third-order valence-electron chi connectivity index (χ3n) is 2.50. The average Bonchev–Trinajstić information content (AvgIpc) is 2.86. The molecule has 104 valence electrons. The summed E-state index contributed by atoms with van der Waals surface area (Å²) in [5, 5.41) is 4.52. The summed E-state index contributed by atoms with van der Waals surface area (Å²) in [5.74, 6) is -0.677. The van der Waals surface area contributed by atoms with E-state index in [1.54, 1.807) is 42.6 Å². The Bertz CT molecular complexity index is 639. The van der Waals surface area contributed by atoms with Crippen LogP contribution in [0.4, 0.5) is 5.69 Å². The van der Waals surface area contributed by atoms with Gasteiger partial charge in [0.25, 0.3) is 5.91 Å². The van der Waals surface area contributed by atoms with Gasteiger partial charge in [0.05, 0.1) is 26.3 Å². The summed E-state index contributed by atoms with van der Waals surface area (Å²) in [4.78, 5) is 23.9. The van der Waals surface area contributed by atoms with Crippen LogP contribution in [0.3, 0.4) is 0 Å². The van der Waals surface area contributed by atoms with E-state index in [0.29, 0.717) is 23.4 Å². The molecule has 0 aliphatic rings. The molecule has 1 aromatic heterocycles. The second kappa shape index (κ2) is 6.85. The highest BCUT2D eigenvalue weighted by molar-refractivity contribution is 14.1. The van der Waals surface area contributed by atoms with Crippen molar-refractivity contribution in [3.63, 3.8) is 0 Å². The number of halogens is 1. The van der Waals surface area contributed by atoms with Gasteiger partial charge in [-0.3, -0.25) is 4.79 Å². The number of hydrogen-bond donors (Lipinski definition) is 1. The smallest absolute Gasteiger partial charge is 0.340 e. The third kappa shape index (κ3) is 3.57. The van der Waals surface area contributed by atoms with Crippen molar-refractivity contribution in [2.24, 2.45) is 0 Å². The molecule has 0 atom stereocenters. The van der Waals surface area contributed by atoms with Crippen LogP contribution in [0.25, 0.3) is 0 Å². The molecular formula is C14H12INO3S. The van der Waals surface area contributed by atoms with Crippen molar-refractivity contribution in [1.82, 2.24) is 0 Å². The van der Waals surface area contributed by atoms with Crippen LogP contribution in [0, 0.1) is 2.88 Å². The van der Waals surface area contributed by atoms with E-state index in [1.165, 1.54) is 11.3 Å². The van der Waals surface area contributed by atoms with Crippen LogP contribution in [-0.2, 0) is 4.74 Å². The molecule has 0 saturated carbocycles. The van der Waals surface area contributed by atoms with Crippen LogP contribution in [0.2, 0.25) is 0 Å². The normalized spacial score (nSPS) is 10.1. The summed E-state index contributed by atoms with van der Waals surface area (Å²) in [6.45, 7) is 2.04. The Kier molecular flexibility index (Phi) is 5.13. The summed E-state index contributed by atoms with van der Waals surface area (Å²) in [7, 11) is 0. The lowest BCUT2D eigenvalue weighted by molar-refractivity contribution is 0.0527. The van der Waals surface area contributed by atoms with E-state index in [0.717, 1.165) is 2.88 Å². The molecule has 1 amide bonds. The predicted molar refractivity (Wildman–Crippen MR) is 87.4 cm³/mol. The molecule has 0 aliphatic heterocycles. The van der Waals surface area contributed by atoms with Gasteiger partial charge in [0.15, 0.2) is 0 Å². The average molecular weight is 401 g/mol. The molecule has 20 heavy (non-hydrogen) atoms. The Morgan fingerprint density at radius 3 is 2.75 bits per heavy atom. The Labute approximate surface area is 134 Å². The quantitative estimate of drug-likeness (QED) is 0.627. The number of carbonyl (C=O) groups is 2. The van der Waals surface area contributed by atoms with Crippen LogP contribution >= 0.6 is 33.9 Å². The van der Waals surface area contributed by atoms with Gasteiger partial charge in [-0.1, -0.05) is 12.1 Å². The van der Waals surface area contributed by atoms with Crippen molar-refractivity contribution >= 4 is 51.5 Å². The van der Waals surface area contributed by atoms with E-state index < -0.39 is 5.97 Å². The number of esters is 1.